The first-order chi connectivity index (χ1) is 15.5. The topological polar surface area (TPSA) is 94.8 Å². The van der Waals surface area contributed by atoms with E-state index in [1.165, 1.54) is 21.9 Å². The van der Waals surface area contributed by atoms with Gasteiger partial charge in [0.05, 0.1) is 5.69 Å². The van der Waals surface area contributed by atoms with E-state index in [0.29, 0.717) is 32.9 Å². The predicted molar refractivity (Wildman–Crippen MR) is 123 cm³/mol. The molecule has 0 aliphatic rings. The van der Waals surface area contributed by atoms with Crippen molar-refractivity contribution in [1.29, 1.82) is 0 Å². The van der Waals surface area contributed by atoms with E-state index in [1.54, 1.807) is 48.5 Å². The Labute approximate surface area is 192 Å². The number of amides is 1. The van der Waals surface area contributed by atoms with E-state index in [9.17, 15) is 9.59 Å². The largest absolute Gasteiger partial charge is 0.487 e. The van der Waals surface area contributed by atoms with Gasteiger partial charge in [-0.3, -0.25) is 9.59 Å². The molecular formula is C22H19ClN4O4S. The van der Waals surface area contributed by atoms with Gasteiger partial charge in [-0.05, 0) is 42.8 Å². The van der Waals surface area contributed by atoms with Crippen molar-refractivity contribution >= 4 is 39.5 Å². The molecule has 0 radical (unpaired) electrons. The second-order valence-electron chi connectivity index (χ2n) is 6.74. The summed E-state index contributed by atoms with van der Waals surface area (Å²) in [4.78, 5) is 29.4. The third kappa shape index (κ3) is 5.43. The smallest absolute Gasteiger partial charge is 0.275 e. The van der Waals surface area contributed by atoms with Crippen molar-refractivity contribution in [2.75, 3.05) is 11.9 Å². The Balaban J connectivity index is 1.35. The van der Waals surface area contributed by atoms with Crippen molar-refractivity contribution < 1.29 is 14.3 Å². The van der Waals surface area contributed by atoms with Gasteiger partial charge >= 0.3 is 0 Å². The Bertz CT molecular complexity index is 1300. The first-order valence-electron chi connectivity index (χ1n) is 9.80. The highest BCUT2D eigenvalue weighted by Crippen LogP contribution is 2.19. The number of aromatic nitrogens is 3. The Kier molecular flexibility index (Phi) is 6.67. The van der Waals surface area contributed by atoms with Crippen LogP contribution in [0, 0.1) is 0 Å². The van der Waals surface area contributed by atoms with Gasteiger partial charge in [0, 0.05) is 22.8 Å². The van der Waals surface area contributed by atoms with Crippen LogP contribution in [0.25, 0.3) is 4.96 Å². The summed E-state index contributed by atoms with van der Waals surface area (Å²) in [6.45, 7) is 1.94. The summed E-state index contributed by atoms with van der Waals surface area (Å²) in [6, 6.07) is 15.1. The van der Waals surface area contributed by atoms with Crippen LogP contribution in [0.3, 0.4) is 0 Å². The van der Waals surface area contributed by atoms with Gasteiger partial charge in [-0.25, -0.2) is 4.98 Å². The molecule has 32 heavy (non-hydrogen) atoms. The van der Waals surface area contributed by atoms with Crippen molar-refractivity contribution in [2.45, 2.75) is 20.0 Å². The zero-order valence-corrected chi connectivity index (χ0v) is 18.7. The van der Waals surface area contributed by atoms with Gasteiger partial charge in [0.1, 0.15) is 23.1 Å². The van der Waals surface area contributed by atoms with E-state index in [1.807, 2.05) is 6.92 Å². The molecule has 0 saturated carbocycles. The molecule has 164 valence electrons. The fraction of sp³-hybridized carbons (Fsp3) is 0.182. The lowest BCUT2D eigenvalue weighted by molar-refractivity contribution is -0.118. The van der Waals surface area contributed by atoms with Gasteiger partial charge < -0.3 is 14.8 Å². The standard InChI is InChI=1S/C22H19ClN4O4S/c1-2-20-26-27-21(29)11-16(25-22(27)32-20)12-30-18-5-3-4-15(10-18)24-19(28)13-31-17-8-6-14(23)7-9-17/h3-11H,2,12-13H2,1H3,(H,24,28). The number of fused-ring (bicyclic) bond motifs is 1. The summed E-state index contributed by atoms with van der Waals surface area (Å²) >= 11 is 7.21. The van der Waals surface area contributed by atoms with E-state index in [0.717, 1.165) is 11.4 Å². The van der Waals surface area contributed by atoms with Crippen LogP contribution in [0.15, 0.2) is 59.4 Å². The number of anilines is 1. The molecule has 2 aromatic carbocycles. The Hall–Kier alpha value is -3.43. The predicted octanol–water partition coefficient (Wildman–Crippen LogP) is 3.96. The summed E-state index contributed by atoms with van der Waals surface area (Å²) in [5.41, 5.74) is 0.823. The lowest BCUT2D eigenvalue weighted by atomic mass is 10.3. The molecule has 0 bridgehead atoms. The zero-order valence-electron chi connectivity index (χ0n) is 17.1. The molecule has 2 aromatic heterocycles. The number of hydrogen-bond donors (Lipinski definition) is 1. The van der Waals surface area contributed by atoms with Gasteiger partial charge in [0.15, 0.2) is 6.61 Å². The molecule has 0 fully saturated rings. The Morgan fingerprint density at radius 2 is 1.94 bits per heavy atom. The number of carbonyl (C=O) groups is 1. The maximum Gasteiger partial charge on any atom is 0.275 e. The summed E-state index contributed by atoms with van der Waals surface area (Å²) in [6.07, 6.45) is 0.739. The molecular weight excluding hydrogens is 452 g/mol. The summed E-state index contributed by atoms with van der Waals surface area (Å²) in [5, 5.41) is 8.43. The highest BCUT2D eigenvalue weighted by Gasteiger charge is 2.09. The van der Waals surface area contributed by atoms with Gasteiger partial charge in [-0.15, -0.1) is 0 Å². The van der Waals surface area contributed by atoms with Crippen LogP contribution < -0.4 is 20.3 Å². The molecule has 0 aliphatic carbocycles. The molecule has 2 heterocycles. The first kappa shape index (κ1) is 21.8. The lowest BCUT2D eigenvalue weighted by Crippen LogP contribution is -2.20. The zero-order chi connectivity index (χ0) is 22.5. The molecule has 0 spiro atoms. The lowest BCUT2D eigenvalue weighted by Gasteiger charge is -2.10. The van der Waals surface area contributed by atoms with Crippen LogP contribution in [0.4, 0.5) is 5.69 Å². The second-order valence-corrected chi connectivity index (χ2v) is 8.21. The van der Waals surface area contributed by atoms with Crippen LogP contribution in [-0.4, -0.2) is 27.1 Å². The Morgan fingerprint density at radius 1 is 1.12 bits per heavy atom. The number of benzene rings is 2. The van der Waals surface area contributed by atoms with E-state index in [2.05, 4.69) is 15.4 Å². The molecule has 0 atom stereocenters. The number of hydrogen-bond acceptors (Lipinski definition) is 7. The van der Waals surface area contributed by atoms with Crippen molar-refractivity contribution in [2.24, 2.45) is 0 Å². The molecule has 4 rings (SSSR count). The minimum absolute atomic E-state index is 0.113. The number of nitrogens with zero attached hydrogens (tertiary/aromatic N) is 3. The third-order valence-corrected chi connectivity index (χ3v) is 5.64. The van der Waals surface area contributed by atoms with Gasteiger partial charge in [0.25, 0.3) is 11.5 Å². The number of carbonyl (C=O) groups excluding carboxylic acids is 1. The fourth-order valence-electron chi connectivity index (χ4n) is 2.81. The number of rotatable bonds is 8. The highest BCUT2D eigenvalue weighted by molar-refractivity contribution is 7.16. The van der Waals surface area contributed by atoms with Crippen molar-refractivity contribution in [1.82, 2.24) is 14.6 Å². The van der Waals surface area contributed by atoms with E-state index in [4.69, 9.17) is 21.1 Å². The number of halogens is 1. The summed E-state index contributed by atoms with van der Waals surface area (Å²) in [5.74, 6) is 0.769. The molecule has 1 N–H and O–H groups in total. The minimum Gasteiger partial charge on any atom is -0.487 e. The van der Waals surface area contributed by atoms with Gasteiger partial charge in [-0.2, -0.15) is 9.61 Å². The van der Waals surface area contributed by atoms with Crippen molar-refractivity contribution in [3.05, 3.63) is 80.7 Å². The monoisotopic (exact) mass is 470 g/mol. The highest BCUT2D eigenvalue weighted by atomic mass is 35.5. The first-order valence-corrected chi connectivity index (χ1v) is 11.0. The number of aryl methyl sites for hydroxylation is 1. The van der Waals surface area contributed by atoms with Crippen LogP contribution in [0.5, 0.6) is 11.5 Å². The minimum atomic E-state index is -0.311. The summed E-state index contributed by atoms with van der Waals surface area (Å²) in [7, 11) is 0. The second kappa shape index (κ2) is 9.80. The van der Waals surface area contributed by atoms with Gasteiger partial charge in [0.2, 0.25) is 4.96 Å². The molecule has 10 heteroatoms. The average Bonchev–Trinajstić information content (AvgIpc) is 3.22. The molecule has 4 aromatic rings. The molecule has 0 aliphatic heterocycles. The van der Waals surface area contributed by atoms with E-state index in [-0.39, 0.29) is 24.7 Å². The SMILES string of the molecule is CCc1nn2c(=O)cc(COc3cccc(NC(=O)COc4ccc(Cl)cc4)c3)nc2s1. The molecule has 8 nitrogen and oxygen atoms in total. The van der Waals surface area contributed by atoms with Crippen LogP contribution >= 0.6 is 22.9 Å². The van der Waals surface area contributed by atoms with Crippen LogP contribution in [0.1, 0.15) is 17.6 Å². The van der Waals surface area contributed by atoms with Crippen molar-refractivity contribution in [3.8, 4) is 11.5 Å². The molecule has 0 saturated heterocycles. The van der Waals surface area contributed by atoms with Crippen molar-refractivity contribution in [3.63, 3.8) is 0 Å². The third-order valence-electron chi connectivity index (χ3n) is 4.33. The molecule has 1 amide bonds. The average molecular weight is 471 g/mol. The maximum atomic E-state index is 12.2. The molecule has 0 unspecified atom stereocenters. The normalized spacial score (nSPS) is 10.8. The van der Waals surface area contributed by atoms with Crippen LogP contribution in [-0.2, 0) is 17.8 Å². The fourth-order valence-corrected chi connectivity index (χ4v) is 3.79. The van der Waals surface area contributed by atoms with Crippen LogP contribution in [0.2, 0.25) is 5.02 Å². The van der Waals surface area contributed by atoms with E-state index >= 15 is 0 Å². The quantitative estimate of drug-likeness (QED) is 0.419. The maximum absolute atomic E-state index is 12.2. The number of nitrogens with one attached hydrogen (secondary N) is 1. The summed E-state index contributed by atoms with van der Waals surface area (Å²) < 4.78 is 12.5. The Morgan fingerprint density at radius 3 is 2.72 bits per heavy atom. The van der Waals surface area contributed by atoms with E-state index < -0.39 is 0 Å². The number of ether oxygens (including phenoxy) is 2. The van der Waals surface area contributed by atoms with Gasteiger partial charge in [-0.1, -0.05) is 35.9 Å².